The third-order valence-electron chi connectivity index (χ3n) is 3.76. The number of halogens is 2. The molecular weight excluding hydrogens is 350 g/mol. The van der Waals surface area contributed by atoms with Gasteiger partial charge in [0.2, 0.25) is 0 Å². The van der Waals surface area contributed by atoms with Crippen molar-refractivity contribution in [1.82, 2.24) is 5.32 Å². The van der Waals surface area contributed by atoms with Gasteiger partial charge >= 0.3 is 0 Å². The lowest BCUT2D eigenvalue weighted by molar-refractivity contribution is 0.222. The Hall–Kier alpha value is -1.03. The Kier molecular flexibility index (Phi) is 4.53. The number of hydrogen-bond donors (Lipinski definition) is 1. The second-order valence-corrected chi connectivity index (χ2v) is 6.73. The Balaban J connectivity index is 1.57. The van der Waals surface area contributed by atoms with Gasteiger partial charge in [-0.2, -0.15) is 0 Å². The van der Waals surface area contributed by atoms with Gasteiger partial charge in [0.25, 0.3) is 0 Å². The molecule has 2 nitrogen and oxygen atoms in total. The molecule has 2 aromatic rings. The zero-order valence-corrected chi connectivity index (χ0v) is 14.1. The number of ether oxygens (including phenoxy) is 1. The third-order valence-corrected chi connectivity index (χ3v) is 4.49. The van der Waals surface area contributed by atoms with Crippen LogP contribution in [0.3, 0.4) is 0 Å². The summed E-state index contributed by atoms with van der Waals surface area (Å²) in [7, 11) is 0. The van der Waals surface area contributed by atoms with Crippen molar-refractivity contribution in [2.75, 3.05) is 6.54 Å². The van der Waals surface area contributed by atoms with E-state index in [0.29, 0.717) is 6.04 Å². The van der Waals surface area contributed by atoms with Crippen LogP contribution in [0.1, 0.15) is 24.1 Å². The van der Waals surface area contributed by atoms with E-state index in [1.165, 1.54) is 11.1 Å². The van der Waals surface area contributed by atoms with Gasteiger partial charge < -0.3 is 10.1 Å². The lowest BCUT2D eigenvalue weighted by Gasteiger charge is -2.18. The maximum Gasteiger partial charge on any atom is 0.123 e. The minimum atomic E-state index is 0.174. The molecule has 0 bridgehead atoms. The molecule has 2 atom stereocenters. The predicted molar refractivity (Wildman–Crippen MR) is 90.1 cm³/mol. The molecule has 0 saturated heterocycles. The van der Waals surface area contributed by atoms with Gasteiger partial charge in [0.15, 0.2) is 0 Å². The number of fused-ring (bicyclic) bond motifs is 1. The highest BCUT2D eigenvalue weighted by Gasteiger charge is 2.23. The first-order valence-electron chi connectivity index (χ1n) is 7.06. The largest absolute Gasteiger partial charge is 0.488 e. The molecule has 0 fully saturated rings. The molecule has 21 heavy (non-hydrogen) atoms. The summed E-state index contributed by atoms with van der Waals surface area (Å²) in [6.07, 6.45) is 1.08. The van der Waals surface area contributed by atoms with Gasteiger partial charge in [0.05, 0.1) is 0 Å². The summed E-state index contributed by atoms with van der Waals surface area (Å²) >= 11 is 9.53. The van der Waals surface area contributed by atoms with E-state index >= 15 is 0 Å². The molecule has 1 heterocycles. The zero-order chi connectivity index (χ0) is 14.8. The Morgan fingerprint density at radius 1 is 1.33 bits per heavy atom. The van der Waals surface area contributed by atoms with E-state index in [9.17, 15) is 0 Å². The first-order valence-corrected chi connectivity index (χ1v) is 8.23. The van der Waals surface area contributed by atoms with E-state index in [1.807, 2.05) is 24.3 Å². The average molecular weight is 367 g/mol. The highest BCUT2D eigenvalue weighted by atomic mass is 79.9. The van der Waals surface area contributed by atoms with Crippen molar-refractivity contribution in [3.63, 3.8) is 0 Å². The van der Waals surface area contributed by atoms with Gasteiger partial charge in [-0.05, 0) is 48.4 Å². The minimum absolute atomic E-state index is 0.174. The zero-order valence-electron chi connectivity index (χ0n) is 11.8. The van der Waals surface area contributed by atoms with Gasteiger partial charge in [0, 0.05) is 28.5 Å². The summed E-state index contributed by atoms with van der Waals surface area (Å²) in [6, 6.07) is 14.5. The lowest BCUT2D eigenvalue weighted by atomic mass is 10.1. The van der Waals surface area contributed by atoms with E-state index in [0.717, 1.165) is 28.2 Å². The summed E-state index contributed by atoms with van der Waals surface area (Å²) in [5.74, 6) is 0.960. The molecule has 0 amide bonds. The predicted octanol–water partition coefficient (Wildman–Crippen LogP) is 4.76. The van der Waals surface area contributed by atoms with Crippen LogP contribution < -0.4 is 10.1 Å². The third kappa shape index (κ3) is 3.60. The van der Waals surface area contributed by atoms with Crippen molar-refractivity contribution >= 4 is 27.5 Å². The van der Waals surface area contributed by atoms with E-state index in [2.05, 4.69) is 46.4 Å². The molecule has 0 radical (unpaired) electrons. The number of hydrogen-bond acceptors (Lipinski definition) is 2. The minimum Gasteiger partial charge on any atom is -0.488 e. The molecule has 0 saturated carbocycles. The Morgan fingerprint density at radius 2 is 2.19 bits per heavy atom. The van der Waals surface area contributed by atoms with Gasteiger partial charge in [0.1, 0.15) is 11.9 Å². The summed E-state index contributed by atoms with van der Waals surface area (Å²) in [4.78, 5) is 0. The quantitative estimate of drug-likeness (QED) is 0.842. The number of rotatable bonds is 4. The molecule has 0 aliphatic carbocycles. The smallest absolute Gasteiger partial charge is 0.123 e. The van der Waals surface area contributed by atoms with Crippen molar-refractivity contribution in [1.29, 1.82) is 0 Å². The second kappa shape index (κ2) is 6.39. The first kappa shape index (κ1) is 14.9. The van der Waals surface area contributed by atoms with Gasteiger partial charge in [-0.1, -0.05) is 39.7 Å². The topological polar surface area (TPSA) is 21.3 Å². The molecule has 4 heteroatoms. The lowest BCUT2D eigenvalue weighted by Crippen LogP contribution is -2.31. The Morgan fingerprint density at radius 3 is 3.00 bits per heavy atom. The van der Waals surface area contributed by atoms with Crippen molar-refractivity contribution in [2.24, 2.45) is 0 Å². The average Bonchev–Trinajstić information content (AvgIpc) is 2.86. The maximum absolute atomic E-state index is 6.02. The van der Waals surface area contributed by atoms with Crippen LogP contribution in [0.4, 0.5) is 0 Å². The van der Waals surface area contributed by atoms with E-state index < -0.39 is 0 Å². The van der Waals surface area contributed by atoms with E-state index in [-0.39, 0.29) is 6.10 Å². The monoisotopic (exact) mass is 365 g/mol. The van der Waals surface area contributed by atoms with Crippen LogP contribution in [0.25, 0.3) is 0 Å². The van der Waals surface area contributed by atoms with Crippen LogP contribution in [0, 0.1) is 0 Å². The van der Waals surface area contributed by atoms with Crippen LogP contribution in [0.2, 0.25) is 5.02 Å². The standard InChI is InChI=1S/C17H17BrClNO/c1-11(12-3-2-4-14(18)7-12)20-10-16-9-13-8-15(19)5-6-17(13)21-16/h2-8,11,16,20H,9-10H2,1H3/t11-,16?/m0/s1. The summed E-state index contributed by atoms with van der Waals surface area (Å²) in [6.45, 7) is 2.99. The van der Waals surface area contributed by atoms with Crippen molar-refractivity contribution in [3.8, 4) is 5.75 Å². The fraction of sp³-hybridized carbons (Fsp3) is 0.294. The molecular formula is C17H17BrClNO. The van der Waals surface area contributed by atoms with Crippen LogP contribution in [0.15, 0.2) is 46.9 Å². The Labute approximate surface area is 138 Å². The molecule has 3 rings (SSSR count). The fourth-order valence-corrected chi connectivity index (χ4v) is 3.22. The normalized spacial score (nSPS) is 18.1. The van der Waals surface area contributed by atoms with Crippen LogP contribution in [-0.4, -0.2) is 12.6 Å². The molecule has 0 aromatic heterocycles. The SMILES string of the molecule is C[C@H](NCC1Cc2cc(Cl)ccc2O1)c1cccc(Br)c1. The molecule has 2 aromatic carbocycles. The summed E-state index contributed by atoms with van der Waals surface area (Å²) in [5, 5.41) is 4.31. The highest BCUT2D eigenvalue weighted by molar-refractivity contribution is 9.10. The second-order valence-electron chi connectivity index (χ2n) is 5.38. The van der Waals surface area contributed by atoms with Crippen LogP contribution >= 0.6 is 27.5 Å². The van der Waals surface area contributed by atoms with Crippen LogP contribution in [0.5, 0.6) is 5.75 Å². The van der Waals surface area contributed by atoms with Gasteiger partial charge in [-0.3, -0.25) is 0 Å². The van der Waals surface area contributed by atoms with E-state index in [4.69, 9.17) is 16.3 Å². The van der Waals surface area contributed by atoms with Crippen molar-refractivity contribution < 1.29 is 4.74 Å². The molecule has 0 spiro atoms. The molecule has 1 aliphatic heterocycles. The van der Waals surface area contributed by atoms with Gasteiger partial charge in [-0.25, -0.2) is 0 Å². The molecule has 110 valence electrons. The van der Waals surface area contributed by atoms with E-state index in [1.54, 1.807) is 0 Å². The number of benzene rings is 2. The molecule has 1 unspecified atom stereocenters. The van der Waals surface area contributed by atoms with Gasteiger partial charge in [-0.15, -0.1) is 0 Å². The highest BCUT2D eigenvalue weighted by Crippen LogP contribution is 2.31. The van der Waals surface area contributed by atoms with Crippen molar-refractivity contribution in [2.45, 2.75) is 25.5 Å². The van der Waals surface area contributed by atoms with Crippen LogP contribution in [-0.2, 0) is 6.42 Å². The van der Waals surface area contributed by atoms with Crippen molar-refractivity contribution in [3.05, 3.63) is 63.1 Å². The number of nitrogens with one attached hydrogen (secondary N) is 1. The summed E-state index contributed by atoms with van der Waals surface area (Å²) in [5.41, 5.74) is 2.47. The first-order chi connectivity index (χ1) is 10.1. The molecule has 1 aliphatic rings. The fourth-order valence-electron chi connectivity index (χ4n) is 2.60. The maximum atomic E-state index is 6.02. The summed E-state index contributed by atoms with van der Waals surface area (Å²) < 4.78 is 7.05. The molecule has 1 N–H and O–H groups in total. The Bertz CT molecular complexity index is 646.